The Morgan fingerprint density at radius 3 is 2.23 bits per heavy atom. The van der Waals surface area contributed by atoms with Crippen molar-refractivity contribution in [3.05, 3.63) is 35.4 Å². The summed E-state index contributed by atoms with van der Waals surface area (Å²) in [7, 11) is 1.77. The van der Waals surface area contributed by atoms with Crippen LogP contribution in [0.1, 0.15) is 35.7 Å². The number of nitrogens with two attached hydrogens (primary N) is 2. The molecule has 1 aromatic rings. The normalized spacial score (nSPS) is 12.3. The number of rotatable bonds is 17. The topological polar surface area (TPSA) is 195 Å². The number of amides is 4. The van der Waals surface area contributed by atoms with Crippen LogP contribution in [0.25, 0.3) is 0 Å². The van der Waals surface area contributed by atoms with Gasteiger partial charge in [-0.2, -0.15) is 0 Å². The van der Waals surface area contributed by atoms with Gasteiger partial charge in [0.2, 0.25) is 23.6 Å². The molecule has 0 spiro atoms. The zero-order chi connectivity index (χ0) is 26.2. The third-order valence-corrected chi connectivity index (χ3v) is 5.02. The molecule has 12 heteroatoms. The summed E-state index contributed by atoms with van der Waals surface area (Å²) in [5, 5.41) is 10.7. The highest BCUT2D eigenvalue weighted by Crippen LogP contribution is 2.09. The second kappa shape index (κ2) is 16.3. The van der Waals surface area contributed by atoms with E-state index >= 15 is 0 Å². The smallest absolute Gasteiger partial charge is 0.246 e. The number of primary amides is 1. The lowest BCUT2D eigenvalue weighted by Crippen LogP contribution is -2.54. The van der Waals surface area contributed by atoms with Crippen LogP contribution in [-0.2, 0) is 30.3 Å². The molecule has 1 rings (SSSR count). The molecule has 0 saturated carbocycles. The summed E-state index contributed by atoms with van der Waals surface area (Å²) in [5.74, 6) is -2.23. The standard InChI is InChI=1S/C23H36N6O6/c1-15(30)17-7-5-16(6-8-17)12-19(23(34)29-18(22(25)33)4-3-9-26-2)28-21(32)14-35-11-10-27-20(31)13-24/h5-8,18-19,26H,3-4,9-14,24H2,1-2H3,(H2,25,33)(H,27,31)(H,28,32)(H,29,34)/t18-,19+/m1/s1. The number of benzene rings is 1. The minimum absolute atomic E-state index is 0.0811. The molecule has 0 aromatic heterocycles. The molecule has 0 fully saturated rings. The van der Waals surface area contributed by atoms with Gasteiger partial charge in [0.25, 0.3) is 0 Å². The molecule has 2 atom stereocenters. The Kier molecular flexibility index (Phi) is 13.8. The van der Waals surface area contributed by atoms with Crippen molar-refractivity contribution in [2.45, 2.75) is 38.3 Å². The Morgan fingerprint density at radius 2 is 1.66 bits per heavy atom. The molecule has 8 N–H and O–H groups in total. The number of hydrogen-bond acceptors (Lipinski definition) is 8. The van der Waals surface area contributed by atoms with E-state index < -0.39 is 29.8 Å². The van der Waals surface area contributed by atoms with E-state index in [1.165, 1.54) is 6.92 Å². The number of carbonyl (C=O) groups is 5. The maximum Gasteiger partial charge on any atom is 0.246 e. The van der Waals surface area contributed by atoms with Crippen LogP contribution in [0.4, 0.5) is 0 Å². The lowest BCUT2D eigenvalue weighted by Gasteiger charge is -2.22. The lowest BCUT2D eigenvalue weighted by molar-refractivity contribution is -0.133. The van der Waals surface area contributed by atoms with E-state index in [0.717, 1.165) is 0 Å². The van der Waals surface area contributed by atoms with Crippen molar-refractivity contribution in [1.29, 1.82) is 0 Å². The first-order valence-electron chi connectivity index (χ1n) is 11.4. The van der Waals surface area contributed by atoms with Gasteiger partial charge >= 0.3 is 0 Å². The summed E-state index contributed by atoms with van der Waals surface area (Å²) in [5.41, 5.74) is 11.8. The van der Waals surface area contributed by atoms with Crippen LogP contribution in [0.3, 0.4) is 0 Å². The average Bonchev–Trinajstić information content (AvgIpc) is 2.82. The predicted octanol–water partition coefficient (Wildman–Crippen LogP) is -2.02. The second-order valence-corrected chi connectivity index (χ2v) is 7.89. The quantitative estimate of drug-likeness (QED) is 0.106. The van der Waals surface area contributed by atoms with Gasteiger partial charge in [0.1, 0.15) is 18.7 Å². The Morgan fingerprint density at radius 1 is 0.971 bits per heavy atom. The minimum atomic E-state index is -1.02. The second-order valence-electron chi connectivity index (χ2n) is 7.89. The summed E-state index contributed by atoms with van der Waals surface area (Å²) in [6, 6.07) is 4.75. The molecular formula is C23H36N6O6. The molecule has 0 aliphatic rings. The van der Waals surface area contributed by atoms with Crippen molar-refractivity contribution in [2.75, 3.05) is 39.9 Å². The van der Waals surface area contributed by atoms with E-state index in [1.807, 2.05) is 0 Å². The number of hydrogen-bond donors (Lipinski definition) is 6. The Bertz CT molecular complexity index is 861. The molecule has 0 unspecified atom stereocenters. The van der Waals surface area contributed by atoms with Gasteiger partial charge < -0.3 is 37.5 Å². The fourth-order valence-corrected chi connectivity index (χ4v) is 3.10. The third kappa shape index (κ3) is 12.1. The fraction of sp³-hybridized carbons (Fsp3) is 0.522. The van der Waals surface area contributed by atoms with Crippen LogP contribution in [0, 0.1) is 0 Å². The minimum Gasteiger partial charge on any atom is -0.370 e. The average molecular weight is 493 g/mol. The summed E-state index contributed by atoms with van der Waals surface area (Å²) in [6.45, 7) is 1.87. The van der Waals surface area contributed by atoms with Crippen molar-refractivity contribution in [1.82, 2.24) is 21.3 Å². The van der Waals surface area contributed by atoms with Crippen LogP contribution in [0.5, 0.6) is 0 Å². The van der Waals surface area contributed by atoms with Gasteiger partial charge in [0.05, 0.1) is 13.2 Å². The van der Waals surface area contributed by atoms with Gasteiger partial charge in [-0.1, -0.05) is 24.3 Å². The molecule has 0 aliphatic heterocycles. The van der Waals surface area contributed by atoms with Crippen LogP contribution in [0.15, 0.2) is 24.3 Å². The molecule has 0 aliphatic carbocycles. The van der Waals surface area contributed by atoms with Crippen molar-refractivity contribution >= 4 is 29.4 Å². The Labute approximate surface area is 204 Å². The molecule has 194 valence electrons. The highest BCUT2D eigenvalue weighted by Gasteiger charge is 2.26. The summed E-state index contributed by atoms with van der Waals surface area (Å²) >= 11 is 0. The van der Waals surface area contributed by atoms with E-state index in [1.54, 1.807) is 31.3 Å². The fourth-order valence-electron chi connectivity index (χ4n) is 3.10. The largest absolute Gasteiger partial charge is 0.370 e. The molecule has 0 heterocycles. The first kappa shape index (κ1) is 29.7. The van der Waals surface area contributed by atoms with Gasteiger partial charge in [-0.15, -0.1) is 0 Å². The van der Waals surface area contributed by atoms with Crippen LogP contribution in [0.2, 0.25) is 0 Å². The first-order valence-corrected chi connectivity index (χ1v) is 11.4. The zero-order valence-corrected chi connectivity index (χ0v) is 20.2. The molecule has 4 amide bonds. The van der Waals surface area contributed by atoms with Crippen molar-refractivity contribution in [2.24, 2.45) is 11.5 Å². The van der Waals surface area contributed by atoms with Crippen LogP contribution < -0.4 is 32.7 Å². The van der Waals surface area contributed by atoms with Crippen molar-refractivity contribution in [3.8, 4) is 0 Å². The van der Waals surface area contributed by atoms with E-state index in [2.05, 4.69) is 21.3 Å². The Balaban J connectivity index is 2.82. The number of carbonyl (C=O) groups excluding carboxylic acids is 5. The molecule has 35 heavy (non-hydrogen) atoms. The number of ether oxygens (including phenoxy) is 1. The molecule has 0 bridgehead atoms. The number of Topliss-reactive ketones (excluding diaryl/α,β-unsaturated/α-hetero) is 1. The molecule has 1 aromatic carbocycles. The van der Waals surface area contributed by atoms with E-state index in [-0.39, 0.29) is 44.4 Å². The van der Waals surface area contributed by atoms with Crippen LogP contribution in [-0.4, -0.2) is 81.4 Å². The SMILES string of the molecule is CNCCC[C@@H](NC(=O)[C@H](Cc1ccc(C(C)=O)cc1)NC(=O)COCCNC(=O)CN)C(N)=O. The van der Waals surface area contributed by atoms with Gasteiger partial charge in [-0.3, -0.25) is 24.0 Å². The van der Waals surface area contributed by atoms with E-state index in [0.29, 0.717) is 30.5 Å². The van der Waals surface area contributed by atoms with Gasteiger partial charge in [-0.25, -0.2) is 0 Å². The third-order valence-electron chi connectivity index (χ3n) is 5.02. The number of nitrogens with one attached hydrogen (secondary N) is 4. The maximum atomic E-state index is 13.0. The molecule has 0 radical (unpaired) electrons. The highest BCUT2D eigenvalue weighted by molar-refractivity contribution is 5.94. The van der Waals surface area contributed by atoms with E-state index in [9.17, 15) is 24.0 Å². The summed E-state index contributed by atoms with van der Waals surface area (Å²) < 4.78 is 5.23. The maximum absolute atomic E-state index is 13.0. The molecule has 12 nitrogen and oxygen atoms in total. The van der Waals surface area contributed by atoms with Gasteiger partial charge in [0.15, 0.2) is 5.78 Å². The van der Waals surface area contributed by atoms with E-state index in [4.69, 9.17) is 16.2 Å². The zero-order valence-electron chi connectivity index (χ0n) is 20.2. The molecule has 0 saturated heterocycles. The van der Waals surface area contributed by atoms with Crippen LogP contribution >= 0.6 is 0 Å². The lowest BCUT2D eigenvalue weighted by atomic mass is 10.0. The Hall–Kier alpha value is -3.35. The van der Waals surface area contributed by atoms with Gasteiger partial charge in [-0.05, 0) is 38.9 Å². The number of ketones is 1. The van der Waals surface area contributed by atoms with Crippen molar-refractivity contribution < 1.29 is 28.7 Å². The summed E-state index contributed by atoms with van der Waals surface area (Å²) in [4.78, 5) is 59.8. The summed E-state index contributed by atoms with van der Waals surface area (Å²) in [6.07, 6.45) is 1.07. The molecular weight excluding hydrogens is 456 g/mol. The predicted molar refractivity (Wildman–Crippen MR) is 129 cm³/mol. The van der Waals surface area contributed by atoms with Crippen molar-refractivity contribution in [3.63, 3.8) is 0 Å². The first-order chi connectivity index (χ1) is 16.7. The highest BCUT2D eigenvalue weighted by atomic mass is 16.5. The monoisotopic (exact) mass is 492 g/mol. The van der Waals surface area contributed by atoms with Gasteiger partial charge in [0, 0.05) is 18.5 Å².